The van der Waals surface area contributed by atoms with Gasteiger partial charge in [0.2, 0.25) is 0 Å². The third-order valence-corrected chi connectivity index (χ3v) is 3.25. The van der Waals surface area contributed by atoms with E-state index in [0.717, 1.165) is 30.9 Å². The van der Waals surface area contributed by atoms with Crippen LogP contribution < -0.4 is 5.32 Å². The fourth-order valence-electron chi connectivity index (χ4n) is 2.06. The van der Waals surface area contributed by atoms with Crippen LogP contribution in [0.1, 0.15) is 21.6 Å². The third-order valence-electron chi connectivity index (χ3n) is 3.25. The molecule has 5 heteroatoms. The van der Waals surface area contributed by atoms with Crippen LogP contribution in [0.5, 0.6) is 0 Å². The Morgan fingerprint density at radius 1 is 1.29 bits per heavy atom. The molecule has 21 heavy (non-hydrogen) atoms. The maximum atomic E-state index is 11.8. The summed E-state index contributed by atoms with van der Waals surface area (Å²) < 4.78 is 2.07. The van der Waals surface area contributed by atoms with Crippen LogP contribution >= 0.6 is 0 Å². The Labute approximate surface area is 125 Å². The molecule has 2 rings (SSSR count). The van der Waals surface area contributed by atoms with Crippen molar-refractivity contribution in [3.8, 4) is 0 Å². The number of benzene rings is 1. The Balaban J connectivity index is 1.77. The number of hydrogen-bond acceptors (Lipinski definition) is 3. The van der Waals surface area contributed by atoms with E-state index in [2.05, 4.69) is 14.9 Å². The predicted molar refractivity (Wildman–Crippen MR) is 83.1 cm³/mol. The van der Waals surface area contributed by atoms with Crippen molar-refractivity contribution in [1.82, 2.24) is 19.8 Å². The number of carbonyl (C=O) groups is 1. The minimum Gasteiger partial charge on any atom is -0.345 e. The van der Waals surface area contributed by atoms with Gasteiger partial charge >= 0.3 is 0 Å². The van der Waals surface area contributed by atoms with Gasteiger partial charge in [-0.15, -0.1) is 0 Å². The standard InChI is InChI=1S/C16H22N4O/c1-13-11-20(12-18-13)9-8-17-10-14-4-6-15(7-5-14)16(21)19(2)3/h4-7,11-12,17H,8-10H2,1-3H3. The largest absolute Gasteiger partial charge is 0.345 e. The average Bonchev–Trinajstić information content (AvgIpc) is 2.89. The molecule has 0 aliphatic rings. The first kappa shape index (κ1) is 15.3. The zero-order valence-electron chi connectivity index (χ0n) is 12.8. The minimum absolute atomic E-state index is 0.0324. The van der Waals surface area contributed by atoms with Crippen LogP contribution in [0.15, 0.2) is 36.8 Å². The highest BCUT2D eigenvalue weighted by Gasteiger charge is 2.06. The van der Waals surface area contributed by atoms with Crippen LogP contribution in [0.25, 0.3) is 0 Å². The average molecular weight is 286 g/mol. The minimum atomic E-state index is 0.0324. The van der Waals surface area contributed by atoms with E-state index < -0.39 is 0 Å². The number of hydrogen-bond donors (Lipinski definition) is 1. The number of imidazole rings is 1. The Morgan fingerprint density at radius 3 is 2.57 bits per heavy atom. The number of nitrogens with zero attached hydrogens (tertiary/aromatic N) is 3. The van der Waals surface area contributed by atoms with Gasteiger partial charge in [0.25, 0.3) is 5.91 Å². The van der Waals surface area contributed by atoms with Gasteiger partial charge in [0, 0.05) is 45.5 Å². The molecule has 1 N–H and O–H groups in total. The van der Waals surface area contributed by atoms with Gasteiger partial charge in [-0.25, -0.2) is 4.98 Å². The molecular formula is C16H22N4O. The fraction of sp³-hybridized carbons (Fsp3) is 0.375. The van der Waals surface area contributed by atoms with E-state index in [-0.39, 0.29) is 5.91 Å². The maximum absolute atomic E-state index is 11.8. The van der Waals surface area contributed by atoms with E-state index in [1.54, 1.807) is 19.0 Å². The smallest absolute Gasteiger partial charge is 0.253 e. The van der Waals surface area contributed by atoms with E-state index in [1.165, 1.54) is 5.56 Å². The lowest BCUT2D eigenvalue weighted by Crippen LogP contribution is -2.22. The summed E-state index contributed by atoms with van der Waals surface area (Å²) in [6.07, 6.45) is 3.88. The van der Waals surface area contributed by atoms with Crippen molar-refractivity contribution in [1.29, 1.82) is 0 Å². The normalized spacial score (nSPS) is 10.6. The lowest BCUT2D eigenvalue weighted by Gasteiger charge is -2.11. The summed E-state index contributed by atoms with van der Waals surface area (Å²) in [7, 11) is 3.52. The highest BCUT2D eigenvalue weighted by molar-refractivity contribution is 5.93. The van der Waals surface area contributed by atoms with Crippen molar-refractivity contribution in [3.05, 3.63) is 53.6 Å². The molecule has 0 fully saturated rings. The zero-order chi connectivity index (χ0) is 15.2. The van der Waals surface area contributed by atoms with E-state index in [1.807, 2.05) is 43.7 Å². The maximum Gasteiger partial charge on any atom is 0.253 e. The Bertz CT molecular complexity index is 587. The second-order valence-corrected chi connectivity index (χ2v) is 5.33. The summed E-state index contributed by atoms with van der Waals surface area (Å²) >= 11 is 0. The van der Waals surface area contributed by atoms with E-state index in [4.69, 9.17) is 0 Å². The molecule has 1 amide bonds. The molecule has 0 spiro atoms. The molecular weight excluding hydrogens is 264 g/mol. The molecule has 1 heterocycles. The van der Waals surface area contributed by atoms with Crippen molar-refractivity contribution in [2.24, 2.45) is 0 Å². The lowest BCUT2D eigenvalue weighted by atomic mass is 10.1. The van der Waals surface area contributed by atoms with Crippen LogP contribution in [0.3, 0.4) is 0 Å². The Hall–Kier alpha value is -2.14. The van der Waals surface area contributed by atoms with E-state index in [0.29, 0.717) is 0 Å². The SMILES string of the molecule is Cc1cn(CCNCc2ccc(C(=O)N(C)C)cc2)cn1. The number of carbonyl (C=O) groups excluding carboxylic acids is 1. The molecule has 0 radical (unpaired) electrons. The van der Waals surface area contributed by atoms with Crippen molar-refractivity contribution in [2.75, 3.05) is 20.6 Å². The fourth-order valence-corrected chi connectivity index (χ4v) is 2.06. The van der Waals surface area contributed by atoms with Crippen molar-refractivity contribution in [2.45, 2.75) is 20.0 Å². The van der Waals surface area contributed by atoms with Gasteiger partial charge in [-0.1, -0.05) is 12.1 Å². The van der Waals surface area contributed by atoms with Gasteiger partial charge in [0.05, 0.1) is 12.0 Å². The molecule has 0 saturated heterocycles. The van der Waals surface area contributed by atoms with Gasteiger partial charge in [-0.3, -0.25) is 4.79 Å². The molecule has 0 bridgehead atoms. The highest BCUT2D eigenvalue weighted by atomic mass is 16.2. The van der Waals surface area contributed by atoms with Crippen LogP contribution in [-0.4, -0.2) is 41.0 Å². The molecule has 0 aliphatic carbocycles. The molecule has 2 aromatic rings. The number of amides is 1. The van der Waals surface area contributed by atoms with Crippen LogP contribution in [-0.2, 0) is 13.1 Å². The third kappa shape index (κ3) is 4.43. The predicted octanol–water partition coefficient (Wildman–Crippen LogP) is 1.68. The molecule has 112 valence electrons. The summed E-state index contributed by atoms with van der Waals surface area (Å²) in [5.74, 6) is 0.0324. The van der Waals surface area contributed by atoms with Crippen molar-refractivity contribution >= 4 is 5.91 Å². The number of aryl methyl sites for hydroxylation is 1. The Kier molecular flexibility index (Phi) is 5.11. The van der Waals surface area contributed by atoms with Gasteiger partial charge < -0.3 is 14.8 Å². The summed E-state index contributed by atoms with van der Waals surface area (Å²) in [6.45, 7) is 4.57. The summed E-state index contributed by atoms with van der Waals surface area (Å²) in [5, 5.41) is 3.39. The molecule has 0 unspecified atom stereocenters. The zero-order valence-corrected chi connectivity index (χ0v) is 12.8. The summed E-state index contributed by atoms with van der Waals surface area (Å²) in [6, 6.07) is 7.73. The van der Waals surface area contributed by atoms with Gasteiger partial charge in [-0.2, -0.15) is 0 Å². The van der Waals surface area contributed by atoms with Crippen LogP contribution in [0.2, 0.25) is 0 Å². The van der Waals surface area contributed by atoms with Gasteiger partial charge in [0.1, 0.15) is 0 Å². The van der Waals surface area contributed by atoms with Crippen LogP contribution in [0.4, 0.5) is 0 Å². The molecule has 0 atom stereocenters. The number of rotatable bonds is 6. The quantitative estimate of drug-likeness (QED) is 0.822. The second kappa shape index (κ2) is 7.04. The molecule has 1 aromatic carbocycles. The van der Waals surface area contributed by atoms with Crippen molar-refractivity contribution < 1.29 is 4.79 Å². The summed E-state index contributed by atoms with van der Waals surface area (Å²) in [5.41, 5.74) is 2.93. The molecule has 0 aliphatic heterocycles. The Morgan fingerprint density at radius 2 is 2.00 bits per heavy atom. The van der Waals surface area contributed by atoms with Gasteiger partial charge in [0.15, 0.2) is 0 Å². The lowest BCUT2D eigenvalue weighted by molar-refractivity contribution is 0.0827. The first-order chi connectivity index (χ1) is 10.1. The van der Waals surface area contributed by atoms with Gasteiger partial charge in [-0.05, 0) is 24.6 Å². The molecule has 5 nitrogen and oxygen atoms in total. The summed E-state index contributed by atoms with van der Waals surface area (Å²) in [4.78, 5) is 17.6. The monoisotopic (exact) mass is 286 g/mol. The molecule has 1 aromatic heterocycles. The topological polar surface area (TPSA) is 50.2 Å². The highest BCUT2D eigenvalue weighted by Crippen LogP contribution is 2.06. The van der Waals surface area contributed by atoms with E-state index >= 15 is 0 Å². The van der Waals surface area contributed by atoms with Crippen LogP contribution in [0, 0.1) is 6.92 Å². The number of nitrogens with one attached hydrogen (secondary N) is 1. The first-order valence-corrected chi connectivity index (χ1v) is 7.06. The number of aromatic nitrogens is 2. The first-order valence-electron chi connectivity index (χ1n) is 7.06. The van der Waals surface area contributed by atoms with Crippen molar-refractivity contribution in [3.63, 3.8) is 0 Å². The molecule has 0 saturated carbocycles. The second-order valence-electron chi connectivity index (χ2n) is 5.33. The van der Waals surface area contributed by atoms with E-state index in [9.17, 15) is 4.79 Å².